The van der Waals surface area contributed by atoms with Crippen LogP contribution in [0.4, 0.5) is 0 Å². The summed E-state index contributed by atoms with van der Waals surface area (Å²) >= 11 is 3.39. The summed E-state index contributed by atoms with van der Waals surface area (Å²) in [6.07, 6.45) is 0. The lowest BCUT2D eigenvalue weighted by Crippen LogP contribution is -2.34. The molecule has 1 amide bonds. The normalized spacial score (nSPS) is 12.3. The van der Waals surface area contributed by atoms with Gasteiger partial charge < -0.3 is 14.3 Å². The Morgan fingerprint density at radius 1 is 1.23 bits per heavy atom. The van der Waals surface area contributed by atoms with E-state index in [1.54, 1.807) is 6.07 Å². The Morgan fingerprint density at radius 2 is 1.96 bits per heavy atom. The van der Waals surface area contributed by atoms with Crippen LogP contribution in [-0.4, -0.2) is 36.6 Å². The van der Waals surface area contributed by atoms with Gasteiger partial charge in [-0.3, -0.25) is 9.69 Å². The molecule has 0 aliphatic heterocycles. The summed E-state index contributed by atoms with van der Waals surface area (Å²) in [6.45, 7) is 2.30. The number of rotatable bonds is 6. The van der Waals surface area contributed by atoms with Gasteiger partial charge >= 0.3 is 0 Å². The molecule has 0 saturated carbocycles. The van der Waals surface area contributed by atoms with E-state index in [1.807, 2.05) is 62.3 Å². The van der Waals surface area contributed by atoms with E-state index in [1.165, 1.54) is 0 Å². The quantitative estimate of drug-likeness (QED) is 0.654. The molecule has 0 aliphatic rings. The number of amides is 1. The number of carbonyl (C=O) groups is 1. The predicted molar refractivity (Wildman–Crippen MR) is 102 cm³/mol. The Kier molecular flexibility index (Phi) is 5.58. The maximum atomic E-state index is 12.4. The van der Waals surface area contributed by atoms with Crippen molar-refractivity contribution in [3.05, 3.63) is 64.2 Å². The first-order valence-electron chi connectivity index (χ1n) is 8.17. The van der Waals surface area contributed by atoms with Crippen molar-refractivity contribution in [2.45, 2.75) is 13.0 Å². The van der Waals surface area contributed by atoms with Crippen molar-refractivity contribution >= 4 is 21.8 Å². The number of hydrogen-bond acceptors (Lipinski definition) is 5. The van der Waals surface area contributed by atoms with Crippen molar-refractivity contribution in [1.29, 1.82) is 0 Å². The first-order chi connectivity index (χ1) is 12.4. The summed E-state index contributed by atoms with van der Waals surface area (Å²) in [5.74, 6) is 1.91. The van der Waals surface area contributed by atoms with Gasteiger partial charge in [-0.25, -0.2) is 0 Å². The minimum absolute atomic E-state index is 0.0644. The third kappa shape index (κ3) is 4.23. The van der Waals surface area contributed by atoms with Crippen LogP contribution in [-0.2, 0) is 0 Å². The highest BCUT2D eigenvalue weighted by Crippen LogP contribution is 2.23. The molecule has 0 fully saturated rings. The summed E-state index contributed by atoms with van der Waals surface area (Å²) in [5.41, 5.74) is 1.10. The number of hydrogen-bond donors (Lipinski definition) is 1. The molecule has 3 rings (SSSR count). The monoisotopic (exact) mass is 417 g/mol. The number of furan rings is 1. The molecule has 7 heteroatoms. The molecule has 3 aromatic rings. The SMILES string of the molecule is Cc1ccc([C@@H](CNC(=O)c2cc(-c3ccc(Br)cc3)on2)N(C)C)o1. The van der Waals surface area contributed by atoms with Crippen LogP contribution in [0.3, 0.4) is 0 Å². The molecule has 0 saturated heterocycles. The molecule has 2 heterocycles. The second-order valence-corrected chi connectivity index (χ2v) is 7.14. The zero-order valence-corrected chi connectivity index (χ0v) is 16.4. The van der Waals surface area contributed by atoms with E-state index in [-0.39, 0.29) is 17.6 Å². The van der Waals surface area contributed by atoms with Gasteiger partial charge in [-0.2, -0.15) is 0 Å². The molecule has 1 N–H and O–H groups in total. The van der Waals surface area contributed by atoms with Crippen LogP contribution < -0.4 is 5.32 Å². The van der Waals surface area contributed by atoms with Crippen LogP contribution in [0.1, 0.15) is 28.1 Å². The number of benzene rings is 1. The third-order valence-corrected chi connectivity index (χ3v) is 4.57. The molecule has 1 aromatic carbocycles. The fourth-order valence-corrected chi connectivity index (χ4v) is 2.85. The zero-order chi connectivity index (χ0) is 18.7. The molecular formula is C19H20BrN3O3. The molecule has 26 heavy (non-hydrogen) atoms. The Labute approximate surface area is 160 Å². The number of likely N-dealkylation sites (N-methyl/N-ethyl adjacent to an activating group) is 1. The molecule has 2 aromatic heterocycles. The zero-order valence-electron chi connectivity index (χ0n) is 14.8. The summed E-state index contributed by atoms with van der Waals surface area (Å²) in [4.78, 5) is 14.4. The van der Waals surface area contributed by atoms with Crippen molar-refractivity contribution in [2.24, 2.45) is 0 Å². The Bertz CT molecular complexity index is 884. The standard InChI is InChI=1S/C19H20BrN3O3/c1-12-4-9-17(25-12)16(23(2)3)11-21-19(24)15-10-18(26-22-15)13-5-7-14(20)8-6-13/h4-10,16H,11H2,1-3H3,(H,21,24)/t16-/m1/s1. The third-order valence-electron chi connectivity index (χ3n) is 4.04. The summed E-state index contributed by atoms with van der Waals surface area (Å²) in [5, 5.41) is 6.77. The smallest absolute Gasteiger partial charge is 0.273 e. The van der Waals surface area contributed by atoms with Crippen molar-refractivity contribution in [2.75, 3.05) is 20.6 Å². The van der Waals surface area contributed by atoms with Gasteiger partial charge in [0.25, 0.3) is 5.91 Å². The Morgan fingerprint density at radius 3 is 2.58 bits per heavy atom. The number of aryl methyl sites for hydroxylation is 1. The topological polar surface area (TPSA) is 71.5 Å². The van der Waals surface area contributed by atoms with Crippen LogP contribution in [0.5, 0.6) is 0 Å². The van der Waals surface area contributed by atoms with Crippen molar-refractivity contribution in [3.8, 4) is 11.3 Å². The Hall–Kier alpha value is -2.38. The van der Waals surface area contributed by atoms with E-state index in [4.69, 9.17) is 8.94 Å². The highest BCUT2D eigenvalue weighted by atomic mass is 79.9. The first kappa shape index (κ1) is 18.4. The number of aromatic nitrogens is 1. The second kappa shape index (κ2) is 7.88. The molecule has 0 bridgehead atoms. The number of nitrogens with one attached hydrogen (secondary N) is 1. The summed E-state index contributed by atoms with van der Waals surface area (Å²) < 4.78 is 12.0. The lowest BCUT2D eigenvalue weighted by Gasteiger charge is -2.22. The van der Waals surface area contributed by atoms with E-state index >= 15 is 0 Å². The van der Waals surface area contributed by atoms with Crippen LogP contribution >= 0.6 is 15.9 Å². The van der Waals surface area contributed by atoms with E-state index in [0.29, 0.717) is 12.3 Å². The highest BCUT2D eigenvalue weighted by Gasteiger charge is 2.20. The molecule has 6 nitrogen and oxygen atoms in total. The maximum absolute atomic E-state index is 12.4. The number of halogens is 1. The van der Waals surface area contributed by atoms with Gasteiger partial charge in [0.15, 0.2) is 11.5 Å². The van der Waals surface area contributed by atoms with Crippen LogP contribution in [0.2, 0.25) is 0 Å². The van der Waals surface area contributed by atoms with Crippen molar-refractivity contribution in [3.63, 3.8) is 0 Å². The van der Waals surface area contributed by atoms with Gasteiger partial charge in [-0.15, -0.1) is 0 Å². The first-order valence-corrected chi connectivity index (χ1v) is 8.97. The van der Waals surface area contributed by atoms with Crippen LogP contribution in [0.15, 0.2) is 55.9 Å². The molecule has 0 aliphatic carbocycles. The average Bonchev–Trinajstić information content (AvgIpc) is 3.25. The molecule has 0 radical (unpaired) electrons. The second-order valence-electron chi connectivity index (χ2n) is 6.22. The van der Waals surface area contributed by atoms with Crippen molar-refractivity contribution < 1.29 is 13.7 Å². The van der Waals surface area contributed by atoms with Gasteiger partial charge in [0, 0.05) is 22.6 Å². The van der Waals surface area contributed by atoms with Crippen molar-refractivity contribution in [1.82, 2.24) is 15.4 Å². The fourth-order valence-electron chi connectivity index (χ4n) is 2.58. The Balaban J connectivity index is 1.67. The van der Waals surface area contributed by atoms with Crippen LogP contribution in [0, 0.1) is 6.92 Å². The number of nitrogens with zero attached hydrogens (tertiary/aromatic N) is 2. The molecule has 0 spiro atoms. The summed E-state index contributed by atoms with van der Waals surface area (Å²) in [7, 11) is 3.88. The van der Waals surface area contributed by atoms with E-state index in [2.05, 4.69) is 26.4 Å². The molecular weight excluding hydrogens is 398 g/mol. The summed E-state index contributed by atoms with van der Waals surface area (Å²) in [6, 6.07) is 13.0. The molecule has 0 unspecified atom stereocenters. The number of carbonyl (C=O) groups excluding carboxylic acids is 1. The van der Waals surface area contributed by atoms with E-state index in [9.17, 15) is 4.79 Å². The minimum Gasteiger partial charge on any atom is -0.465 e. The van der Waals surface area contributed by atoms with Crippen LogP contribution in [0.25, 0.3) is 11.3 Å². The molecule has 1 atom stereocenters. The van der Waals surface area contributed by atoms with E-state index < -0.39 is 0 Å². The maximum Gasteiger partial charge on any atom is 0.273 e. The largest absolute Gasteiger partial charge is 0.465 e. The average molecular weight is 418 g/mol. The highest BCUT2D eigenvalue weighted by molar-refractivity contribution is 9.10. The fraction of sp³-hybridized carbons (Fsp3) is 0.263. The van der Waals surface area contributed by atoms with Gasteiger partial charge in [-0.05, 0) is 45.3 Å². The minimum atomic E-state index is -0.285. The van der Waals surface area contributed by atoms with Gasteiger partial charge in [0.2, 0.25) is 0 Å². The van der Waals surface area contributed by atoms with Gasteiger partial charge in [0.1, 0.15) is 11.5 Å². The lowest BCUT2D eigenvalue weighted by atomic mass is 10.1. The lowest BCUT2D eigenvalue weighted by molar-refractivity contribution is 0.0930. The van der Waals surface area contributed by atoms with E-state index in [0.717, 1.165) is 21.6 Å². The predicted octanol–water partition coefficient (Wildman–Crippen LogP) is 4.04. The van der Waals surface area contributed by atoms with Gasteiger partial charge in [0.05, 0.1) is 6.04 Å². The van der Waals surface area contributed by atoms with Gasteiger partial charge in [-0.1, -0.05) is 33.2 Å². The molecule has 136 valence electrons.